The molecule has 0 atom stereocenters. The van der Waals surface area contributed by atoms with Crippen molar-refractivity contribution >= 4 is 5.91 Å². The molecule has 5 heteroatoms. The van der Waals surface area contributed by atoms with Gasteiger partial charge in [0.1, 0.15) is 11.6 Å². The molecule has 0 bridgehead atoms. The summed E-state index contributed by atoms with van der Waals surface area (Å²) >= 11 is 0. The fourth-order valence-corrected chi connectivity index (χ4v) is 4.36. The first-order valence-corrected chi connectivity index (χ1v) is 9.35. The van der Waals surface area contributed by atoms with Gasteiger partial charge >= 0.3 is 0 Å². The molecule has 25 heavy (non-hydrogen) atoms. The van der Waals surface area contributed by atoms with Crippen molar-refractivity contribution in [1.82, 2.24) is 10.2 Å². The molecular weight excluding hydrogens is 322 g/mol. The third-order valence-corrected chi connectivity index (χ3v) is 6.56. The second-order valence-corrected chi connectivity index (χ2v) is 8.65. The van der Waals surface area contributed by atoms with Gasteiger partial charge in [-0.15, -0.1) is 0 Å². The second-order valence-electron chi connectivity index (χ2n) is 8.65. The molecular formula is C20H26F2N2O. The van der Waals surface area contributed by atoms with E-state index < -0.39 is 0 Å². The number of nitrogens with zero attached hydrogens (tertiary/aromatic N) is 1. The lowest BCUT2D eigenvalue weighted by atomic mass is 9.60. The lowest BCUT2D eigenvalue weighted by Gasteiger charge is -2.52. The Kier molecular flexibility index (Phi) is 4.10. The van der Waals surface area contributed by atoms with Crippen molar-refractivity contribution in [1.29, 1.82) is 0 Å². The van der Waals surface area contributed by atoms with Crippen LogP contribution in [0.25, 0.3) is 0 Å². The highest BCUT2D eigenvalue weighted by molar-refractivity contribution is 5.85. The molecule has 2 saturated carbocycles. The first kappa shape index (κ1) is 17.0. The molecule has 1 spiro atoms. The summed E-state index contributed by atoms with van der Waals surface area (Å²) in [6.45, 7) is 4.33. The number of hydrogen-bond acceptors (Lipinski definition) is 2. The van der Waals surface area contributed by atoms with Gasteiger partial charge < -0.3 is 5.32 Å². The number of amides is 1. The van der Waals surface area contributed by atoms with Crippen molar-refractivity contribution in [3.8, 4) is 0 Å². The SMILES string of the molecule is CC1(C(=O)NC2CC3(CCN(Cc4cc(F)ccc4F)CC3)C2)CC1. The Morgan fingerprint density at radius 3 is 2.52 bits per heavy atom. The van der Waals surface area contributed by atoms with Gasteiger partial charge in [0.2, 0.25) is 5.91 Å². The third kappa shape index (κ3) is 3.43. The average Bonchev–Trinajstić information content (AvgIpc) is 3.30. The van der Waals surface area contributed by atoms with Crippen LogP contribution in [0.15, 0.2) is 18.2 Å². The first-order chi connectivity index (χ1) is 11.9. The molecule has 1 heterocycles. The summed E-state index contributed by atoms with van der Waals surface area (Å²) in [5, 5.41) is 3.21. The van der Waals surface area contributed by atoms with E-state index in [1.807, 2.05) is 6.92 Å². The molecule has 0 radical (unpaired) electrons. The molecule has 0 aromatic heterocycles. The second kappa shape index (κ2) is 6.04. The van der Waals surface area contributed by atoms with Gasteiger partial charge in [0, 0.05) is 23.6 Å². The molecule has 1 aromatic rings. The van der Waals surface area contributed by atoms with Crippen LogP contribution in [0.5, 0.6) is 0 Å². The summed E-state index contributed by atoms with van der Waals surface area (Å²) in [7, 11) is 0. The largest absolute Gasteiger partial charge is 0.353 e. The third-order valence-electron chi connectivity index (χ3n) is 6.56. The maximum absolute atomic E-state index is 13.8. The Balaban J connectivity index is 1.25. The number of piperidine rings is 1. The van der Waals surface area contributed by atoms with Gasteiger partial charge in [-0.1, -0.05) is 6.92 Å². The number of carbonyl (C=O) groups is 1. The molecule has 4 rings (SSSR count). The summed E-state index contributed by atoms with van der Waals surface area (Å²) in [6, 6.07) is 4.00. The van der Waals surface area contributed by atoms with Gasteiger partial charge in [0.25, 0.3) is 0 Å². The fourth-order valence-electron chi connectivity index (χ4n) is 4.36. The normalized spacial score (nSPS) is 24.8. The molecule has 3 fully saturated rings. The van der Waals surface area contributed by atoms with E-state index in [1.165, 1.54) is 12.1 Å². The Hall–Kier alpha value is -1.49. The minimum atomic E-state index is -0.383. The van der Waals surface area contributed by atoms with Crippen LogP contribution in [-0.4, -0.2) is 29.9 Å². The van der Waals surface area contributed by atoms with Gasteiger partial charge in [-0.05, 0) is 75.2 Å². The van der Waals surface area contributed by atoms with Crippen molar-refractivity contribution in [2.45, 2.75) is 58.0 Å². The predicted molar refractivity (Wildman–Crippen MR) is 91.8 cm³/mol. The van der Waals surface area contributed by atoms with Crippen LogP contribution < -0.4 is 5.32 Å². The van der Waals surface area contributed by atoms with Crippen LogP contribution in [0, 0.1) is 22.5 Å². The Bertz CT molecular complexity index is 670. The van der Waals surface area contributed by atoms with E-state index >= 15 is 0 Å². The molecule has 1 aromatic carbocycles. The zero-order valence-electron chi connectivity index (χ0n) is 14.8. The molecule has 3 aliphatic rings. The Labute approximate surface area is 147 Å². The summed E-state index contributed by atoms with van der Waals surface area (Å²) in [4.78, 5) is 14.3. The van der Waals surface area contributed by atoms with Crippen LogP contribution in [0.3, 0.4) is 0 Å². The summed E-state index contributed by atoms with van der Waals surface area (Å²) in [5.74, 6) is -0.486. The molecule has 1 amide bonds. The molecule has 1 saturated heterocycles. The minimum Gasteiger partial charge on any atom is -0.353 e. The smallest absolute Gasteiger partial charge is 0.226 e. The number of hydrogen-bond donors (Lipinski definition) is 1. The van der Waals surface area contributed by atoms with Crippen molar-refractivity contribution < 1.29 is 13.6 Å². The van der Waals surface area contributed by atoms with Gasteiger partial charge in [-0.2, -0.15) is 0 Å². The fraction of sp³-hybridized carbons (Fsp3) is 0.650. The standard InChI is InChI=1S/C20H26F2N2O/c1-19(4-5-19)18(25)23-16-11-20(12-16)6-8-24(9-7-20)13-14-10-15(21)2-3-17(14)22/h2-3,10,16H,4-9,11-13H2,1H3,(H,23,25). The van der Waals surface area contributed by atoms with E-state index in [0.717, 1.165) is 57.7 Å². The first-order valence-electron chi connectivity index (χ1n) is 9.35. The number of rotatable bonds is 4. The van der Waals surface area contributed by atoms with E-state index in [0.29, 0.717) is 23.6 Å². The highest BCUT2D eigenvalue weighted by atomic mass is 19.1. The summed E-state index contributed by atoms with van der Waals surface area (Å²) in [6.07, 6.45) is 6.32. The number of likely N-dealkylation sites (tertiary alicyclic amines) is 1. The van der Waals surface area contributed by atoms with Crippen molar-refractivity contribution in [3.63, 3.8) is 0 Å². The van der Waals surface area contributed by atoms with Crippen LogP contribution in [0.1, 0.15) is 51.0 Å². The number of nitrogens with one attached hydrogen (secondary N) is 1. The summed E-state index contributed by atoms with van der Waals surface area (Å²) in [5.41, 5.74) is 0.688. The zero-order chi connectivity index (χ0) is 17.7. The number of carbonyl (C=O) groups excluding carboxylic acids is 1. The summed E-state index contributed by atoms with van der Waals surface area (Å²) < 4.78 is 27.1. The monoisotopic (exact) mass is 348 g/mol. The molecule has 1 aliphatic heterocycles. The number of benzene rings is 1. The van der Waals surface area contributed by atoms with E-state index in [-0.39, 0.29) is 23.0 Å². The van der Waals surface area contributed by atoms with E-state index in [9.17, 15) is 13.6 Å². The molecule has 136 valence electrons. The van der Waals surface area contributed by atoms with Crippen LogP contribution >= 0.6 is 0 Å². The topological polar surface area (TPSA) is 32.3 Å². The molecule has 0 unspecified atom stereocenters. The zero-order valence-corrected chi connectivity index (χ0v) is 14.8. The lowest BCUT2D eigenvalue weighted by Crippen LogP contribution is -2.55. The predicted octanol–water partition coefficient (Wildman–Crippen LogP) is 3.63. The van der Waals surface area contributed by atoms with Crippen molar-refractivity contribution in [3.05, 3.63) is 35.4 Å². The quantitative estimate of drug-likeness (QED) is 0.901. The van der Waals surface area contributed by atoms with Crippen LogP contribution in [-0.2, 0) is 11.3 Å². The minimum absolute atomic E-state index is 0.0961. The van der Waals surface area contributed by atoms with Crippen LogP contribution in [0.4, 0.5) is 8.78 Å². The van der Waals surface area contributed by atoms with Gasteiger partial charge in [0.05, 0.1) is 0 Å². The average molecular weight is 348 g/mol. The van der Waals surface area contributed by atoms with Gasteiger partial charge in [-0.25, -0.2) is 8.78 Å². The highest BCUT2D eigenvalue weighted by Crippen LogP contribution is 2.50. The van der Waals surface area contributed by atoms with Gasteiger partial charge in [0.15, 0.2) is 0 Å². The van der Waals surface area contributed by atoms with E-state index in [1.54, 1.807) is 0 Å². The van der Waals surface area contributed by atoms with E-state index in [2.05, 4.69) is 10.2 Å². The Morgan fingerprint density at radius 1 is 1.20 bits per heavy atom. The van der Waals surface area contributed by atoms with E-state index in [4.69, 9.17) is 0 Å². The Morgan fingerprint density at radius 2 is 1.88 bits per heavy atom. The number of halogens is 2. The van der Waals surface area contributed by atoms with Crippen molar-refractivity contribution in [2.75, 3.05) is 13.1 Å². The van der Waals surface area contributed by atoms with Crippen LogP contribution in [0.2, 0.25) is 0 Å². The van der Waals surface area contributed by atoms with Gasteiger partial charge in [-0.3, -0.25) is 9.69 Å². The molecule has 3 nitrogen and oxygen atoms in total. The van der Waals surface area contributed by atoms with Crippen molar-refractivity contribution in [2.24, 2.45) is 10.8 Å². The molecule has 1 N–H and O–H groups in total. The lowest BCUT2D eigenvalue weighted by molar-refractivity contribution is -0.128. The maximum atomic E-state index is 13.8. The molecule has 2 aliphatic carbocycles. The highest BCUT2D eigenvalue weighted by Gasteiger charge is 2.50. The maximum Gasteiger partial charge on any atom is 0.226 e.